The molecule has 3 aromatic rings. The molecule has 5 nitrogen and oxygen atoms in total. The van der Waals surface area contributed by atoms with Crippen molar-refractivity contribution in [1.82, 2.24) is 14.8 Å². The van der Waals surface area contributed by atoms with Crippen molar-refractivity contribution in [2.75, 3.05) is 0 Å². The number of imidazole rings is 1. The second kappa shape index (κ2) is 7.23. The Morgan fingerprint density at radius 2 is 1.96 bits per heavy atom. The van der Waals surface area contributed by atoms with E-state index in [0.717, 1.165) is 15.7 Å². The third kappa shape index (κ3) is 3.60. The molecule has 2 heterocycles. The summed E-state index contributed by atoms with van der Waals surface area (Å²) in [5.74, 6) is -0.303. The number of fused-ring (bicyclic) bond motifs is 1. The predicted molar refractivity (Wildman–Crippen MR) is 99.2 cm³/mol. The summed E-state index contributed by atoms with van der Waals surface area (Å²) in [5.41, 5.74) is 5.44. The van der Waals surface area contributed by atoms with E-state index in [-0.39, 0.29) is 5.91 Å². The second-order valence-electron chi connectivity index (χ2n) is 5.11. The van der Waals surface area contributed by atoms with Crippen LogP contribution >= 0.6 is 15.9 Å². The van der Waals surface area contributed by atoms with Gasteiger partial charge in [0.15, 0.2) is 0 Å². The number of rotatable bonds is 4. The van der Waals surface area contributed by atoms with E-state index in [1.165, 1.54) is 0 Å². The molecule has 3 rings (SSSR count). The minimum absolute atomic E-state index is 0.303. The molecule has 0 radical (unpaired) electrons. The summed E-state index contributed by atoms with van der Waals surface area (Å²) in [6, 6.07) is 15.4. The van der Waals surface area contributed by atoms with Crippen LogP contribution in [-0.4, -0.2) is 21.5 Å². The van der Waals surface area contributed by atoms with Crippen LogP contribution in [0, 0.1) is 6.92 Å². The zero-order valence-corrected chi connectivity index (χ0v) is 14.6. The fourth-order valence-electron chi connectivity index (χ4n) is 2.34. The summed E-state index contributed by atoms with van der Waals surface area (Å²) in [4.78, 5) is 16.7. The van der Waals surface area contributed by atoms with Gasteiger partial charge in [-0.3, -0.25) is 9.20 Å². The molecule has 0 aliphatic carbocycles. The number of carbonyl (C=O) groups is 1. The minimum atomic E-state index is -0.303. The van der Waals surface area contributed by atoms with Gasteiger partial charge in [-0.05, 0) is 46.6 Å². The molecule has 1 aromatic carbocycles. The van der Waals surface area contributed by atoms with Gasteiger partial charge in [-0.25, -0.2) is 10.4 Å². The first-order valence-corrected chi connectivity index (χ1v) is 8.14. The molecular formula is C18H15BrN4O. The van der Waals surface area contributed by atoms with Crippen molar-refractivity contribution in [3.05, 3.63) is 76.2 Å². The van der Waals surface area contributed by atoms with Crippen molar-refractivity contribution in [2.45, 2.75) is 6.92 Å². The first-order valence-electron chi connectivity index (χ1n) is 7.34. The first kappa shape index (κ1) is 16.1. The Bertz CT molecular complexity index is 929. The number of halogens is 1. The highest BCUT2D eigenvalue weighted by molar-refractivity contribution is 9.12. The Labute approximate surface area is 147 Å². The van der Waals surface area contributed by atoms with E-state index in [1.807, 2.05) is 54.6 Å². The molecule has 2 aromatic heterocycles. The number of aromatic nitrogens is 2. The normalized spacial score (nSPS) is 12.0. The van der Waals surface area contributed by atoms with Gasteiger partial charge in [0, 0.05) is 10.7 Å². The molecule has 0 bridgehead atoms. The van der Waals surface area contributed by atoms with Crippen molar-refractivity contribution in [3.63, 3.8) is 0 Å². The first-order chi connectivity index (χ1) is 11.6. The lowest BCUT2D eigenvalue weighted by atomic mass is 10.2. The minimum Gasteiger partial charge on any atom is -0.295 e. The summed E-state index contributed by atoms with van der Waals surface area (Å²) >= 11 is 3.41. The number of nitrogens with one attached hydrogen (secondary N) is 1. The van der Waals surface area contributed by atoms with Gasteiger partial charge in [-0.15, -0.1) is 0 Å². The fourth-order valence-corrected chi connectivity index (χ4v) is 2.71. The number of nitrogens with zero attached hydrogens (tertiary/aromatic N) is 3. The molecule has 0 saturated carbocycles. The number of aryl methyl sites for hydroxylation is 1. The van der Waals surface area contributed by atoms with Gasteiger partial charge in [0.25, 0.3) is 5.91 Å². The summed E-state index contributed by atoms with van der Waals surface area (Å²) in [5, 5.41) is 3.99. The Balaban J connectivity index is 1.73. The van der Waals surface area contributed by atoms with E-state index in [0.29, 0.717) is 11.4 Å². The van der Waals surface area contributed by atoms with Gasteiger partial charge in [0.05, 0.1) is 11.9 Å². The molecule has 0 fully saturated rings. The number of pyridine rings is 1. The lowest BCUT2D eigenvalue weighted by molar-refractivity contribution is 0.0948. The van der Waals surface area contributed by atoms with E-state index in [4.69, 9.17) is 0 Å². The van der Waals surface area contributed by atoms with Crippen molar-refractivity contribution in [3.8, 4) is 0 Å². The Morgan fingerprint density at radius 1 is 1.21 bits per heavy atom. The van der Waals surface area contributed by atoms with Crippen molar-refractivity contribution >= 4 is 39.8 Å². The molecule has 0 atom stereocenters. The molecular weight excluding hydrogens is 368 g/mol. The quantitative estimate of drug-likeness (QED) is 0.551. The maximum absolute atomic E-state index is 12.4. The molecule has 0 aliphatic heterocycles. The van der Waals surface area contributed by atoms with Gasteiger partial charge in [0.2, 0.25) is 0 Å². The van der Waals surface area contributed by atoms with Crippen LogP contribution in [0.2, 0.25) is 0 Å². The van der Waals surface area contributed by atoms with Crippen LogP contribution in [0.4, 0.5) is 0 Å². The summed E-state index contributed by atoms with van der Waals surface area (Å²) in [6.07, 6.45) is 5.26. The van der Waals surface area contributed by atoms with Crippen LogP contribution in [0.15, 0.2) is 64.3 Å². The van der Waals surface area contributed by atoms with E-state index < -0.39 is 0 Å². The molecule has 0 unspecified atom stereocenters. The lowest BCUT2D eigenvalue weighted by Gasteiger charge is -2.01. The average Bonchev–Trinajstić information content (AvgIpc) is 2.91. The number of hydrogen-bond donors (Lipinski definition) is 1. The van der Waals surface area contributed by atoms with Crippen LogP contribution in [0.1, 0.15) is 21.7 Å². The standard InChI is InChI=1S/C18H15BrN4O/c1-13-17(23-10-6-5-9-16(23)21-13)18(24)22-20-12-15(19)11-14-7-3-2-4-8-14/h2-12H,1H3,(H,22,24)/b15-11-,20-12-. The highest BCUT2D eigenvalue weighted by atomic mass is 79.9. The summed E-state index contributed by atoms with van der Waals surface area (Å²) < 4.78 is 2.50. The van der Waals surface area contributed by atoms with Crippen molar-refractivity contribution in [1.29, 1.82) is 0 Å². The zero-order valence-electron chi connectivity index (χ0n) is 13.0. The molecule has 1 amide bonds. The van der Waals surface area contributed by atoms with Gasteiger partial charge in [0.1, 0.15) is 11.3 Å². The fraction of sp³-hybridized carbons (Fsp3) is 0.0556. The third-order valence-electron chi connectivity index (χ3n) is 3.38. The number of carbonyl (C=O) groups excluding carboxylic acids is 1. The topological polar surface area (TPSA) is 58.8 Å². The summed E-state index contributed by atoms with van der Waals surface area (Å²) in [7, 11) is 0. The average molecular weight is 383 g/mol. The predicted octanol–water partition coefficient (Wildman–Crippen LogP) is 3.79. The number of amides is 1. The van der Waals surface area contributed by atoms with E-state index >= 15 is 0 Å². The summed E-state index contributed by atoms with van der Waals surface area (Å²) in [6.45, 7) is 1.80. The Morgan fingerprint density at radius 3 is 2.75 bits per heavy atom. The van der Waals surface area contributed by atoms with Crippen LogP contribution < -0.4 is 5.43 Å². The smallest absolute Gasteiger partial charge is 0.290 e. The SMILES string of the molecule is Cc1nc2ccccn2c1C(=O)N/N=C\C(Br)=C\c1ccccc1. The number of allylic oxidation sites excluding steroid dienone is 1. The maximum Gasteiger partial charge on any atom is 0.290 e. The molecule has 24 heavy (non-hydrogen) atoms. The van der Waals surface area contributed by atoms with Crippen LogP contribution in [0.5, 0.6) is 0 Å². The number of hydrazone groups is 1. The van der Waals surface area contributed by atoms with E-state index in [2.05, 4.69) is 31.4 Å². The maximum atomic E-state index is 12.4. The largest absolute Gasteiger partial charge is 0.295 e. The van der Waals surface area contributed by atoms with Crippen LogP contribution in [-0.2, 0) is 0 Å². The highest BCUT2D eigenvalue weighted by Gasteiger charge is 2.15. The molecule has 120 valence electrons. The van der Waals surface area contributed by atoms with Gasteiger partial charge in [-0.2, -0.15) is 5.10 Å². The van der Waals surface area contributed by atoms with E-state index in [9.17, 15) is 4.79 Å². The molecule has 0 aliphatic rings. The Hall–Kier alpha value is -2.73. The molecule has 6 heteroatoms. The van der Waals surface area contributed by atoms with Gasteiger partial charge < -0.3 is 0 Å². The van der Waals surface area contributed by atoms with Crippen molar-refractivity contribution < 1.29 is 4.79 Å². The molecule has 0 saturated heterocycles. The molecule has 0 spiro atoms. The van der Waals surface area contributed by atoms with Gasteiger partial charge >= 0.3 is 0 Å². The monoisotopic (exact) mass is 382 g/mol. The lowest BCUT2D eigenvalue weighted by Crippen LogP contribution is -2.20. The van der Waals surface area contributed by atoms with Crippen LogP contribution in [0.3, 0.4) is 0 Å². The van der Waals surface area contributed by atoms with Gasteiger partial charge in [-0.1, -0.05) is 36.4 Å². The van der Waals surface area contributed by atoms with Crippen LogP contribution in [0.25, 0.3) is 11.7 Å². The number of hydrogen-bond acceptors (Lipinski definition) is 3. The van der Waals surface area contributed by atoms with E-state index in [1.54, 1.807) is 23.7 Å². The highest BCUT2D eigenvalue weighted by Crippen LogP contribution is 2.12. The zero-order chi connectivity index (χ0) is 16.9. The van der Waals surface area contributed by atoms with Crippen molar-refractivity contribution in [2.24, 2.45) is 5.10 Å². The second-order valence-corrected chi connectivity index (χ2v) is 6.03. The third-order valence-corrected chi connectivity index (χ3v) is 3.81. The Kier molecular flexibility index (Phi) is 4.86. The number of benzene rings is 1. The molecule has 1 N–H and O–H groups in total.